The first-order chi connectivity index (χ1) is 9.07. The van der Waals surface area contributed by atoms with Crippen molar-refractivity contribution in [3.8, 4) is 0 Å². The molecule has 8 heteroatoms. The van der Waals surface area contributed by atoms with Crippen LogP contribution in [-0.4, -0.2) is 45.6 Å². The van der Waals surface area contributed by atoms with E-state index >= 15 is 0 Å². The average Bonchev–Trinajstić information content (AvgIpc) is 3.10. The smallest absolute Gasteiger partial charge is 0.260 e. The molecule has 0 bridgehead atoms. The van der Waals surface area contributed by atoms with E-state index in [2.05, 4.69) is 15.1 Å². The maximum atomic E-state index is 12.3. The Bertz CT molecular complexity index is 661. The van der Waals surface area contributed by atoms with Crippen molar-refractivity contribution in [2.45, 2.75) is 24.4 Å². The summed E-state index contributed by atoms with van der Waals surface area (Å²) >= 11 is 0. The number of aromatic nitrogens is 4. The van der Waals surface area contributed by atoms with Gasteiger partial charge in [0.2, 0.25) is 0 Å². The lowest BCUT2D eigenvalue weighted by Gasteiger charge is -2.15. The van der Waals surface area contributed by atoms with Crippen molar-refractivity contribution in [2.75, 3.05) is 13.1 Å². The van der Waals surface area contributed by atoms with Crippen molar-refractivity contribution < 1.29 is 8.42 Å². The molecule has 1 aliphatic heterocycles. The molecule has 2 aromatic heterocycles. The third-order valence-electron chi connectivity index (χ3n) is 3.32. The van der Waals surface area contributed by atoms with Crippen molar-refractivity contribution in [1.82, 2.24) is 24.1 Å². The summed E-state index contributed by atoms with van der Waals surface area (Å²) in [5.74, 6) is 0. The van der Waals surface area contributed by atoms with Gasteiger partial charge in [-0.3, -0.25) is 4.68 Å². The summed E-state index contributed by atoms with van der Waals surface area (Å²) in [4.78, 5) is 6.41. The predicted octanol–water partition coefficient (Wildman–Crippen LogP) is 0.550. The number of aryl methyl sites for hydroxylation is 1. The molecule has 0 amide bonds. The van der Waals surface area contributed by atoms with E-state index in [1.807, 2.05) is 17.8 Å². The number of sulfonamides is 1. The van der Waals surface area contributed by atoms with Crippen molar-refractivity contribution >= 4 is 10.0 Å². The third kappa shape index (κ3) is 2.17. The van der Waals surface area contributed by atoms with Crippen LogP contribution in [0.5, 0.6) is 0 Å². The Morgan fingerprint density at radius 2 is 2.26 bits per heavy atom. The lowest BCUT2D eigenvalue weighted by molar-refractivity contribution is 0.433. The Morgan fingerprint density at radius 3 is 2.89 bits per heavy atom. The van der Waals surface area contributed by atoms with Crippen LogP contribution in [0, 0.1) is 6.92 Å². The fourth-order valence-corrected chi connectivity index (χ4v) is 3.69. The standard InChI is InChI=1S/C11H15N5O2S/c1-9-4-14-16(6-9)10-2-3-15(7-10)19(17,18)11-5-12-8-13-11/h4-6,8,10H,2-3,7H2,1H3,(H,12,13). The molecule has 0 aromatic carbocycles. The maximum Gasteiger partial charge on any atom is 0.260 e. The van der Waals surface area contributed by atoms with Gasteiger partial charge >= 0.3 is 0 Å². The summed E-state index contributed by atoms with van der Waals surface area (Å²) in [7, 11) is -3.46. The number of nitrogens with zero attached hydrogens (tertiary/aromatic N) is 4. The van der Waals surface area contributed by atoms with E-state index in [9.17, 15) is 8.42 Å². The second kappa shape index (κ2) is 4.46. The van der Waals surface area contributed by atoms with Crippen molar-refractivity contribution in [3.05, 3.63) is 30.5 Å². The molecule has 1 aliphatic rings. The molecule has 3 heterocycles. The molecule has 0 saturated carbocycles. The largest absolute Gasteiger partial charge is 0.335 e. The molecule has 2 aromatic rings. The zero-order valence-corrected chi connectivity index (χ0v) is 11.3. The zero-order chi connectivity index (χ0) is 13.5. The summed E-state index contributed by atoms with van der Waals surface area (Å²) in [5.41, 5.74) is 1.08. The van der Waals surface area contributed by atoms with E-state index in [-0.39, 0.29) is 11.1 Å². The lowest BCUT2D eigenvalue weighted by Crippen LogP contribution is -2.29. The molecule has 7 nitrogen and oxygen atoms in total. The first-order valence-electron chi connectivity index (χ1n) is 6.06. The molecule has 1 fully saturated rings. The summed E-state index contributed by atoms with van der Waals surface area (Å²) in [6, 6.07) is 0.103. The molecule has 19 heavy (non-hydrogen) atoms. The quantitative estimate of drug-likeness (QED) is 0.890. The van der Waals surface area contributed by atoms with Crippen LogP contribution >= 0.6 is 0 Å². The zero-order valence-electron chi connectivity index (χ0n) is 10.5. The van der Waals surface area contributed by atoms with Gasteiger partial charge in [0.05, 0.1) is 24.8 Å². The highest BCUT2D eigenvalue weighted by Gasteiger charge is 2.34. The molecular formula is C11H15N5O2S. The lowest BCUT2D eigenvalue weighted by atomic mass is 10.3. The summed E-state index contributed by atoms with van der Waals surface area (Å²) in [6.45, 7) is 2.92. The van der Waals surface area contributed by atoms with Crippen molar-refractivity contribution in [1.29, 1.82) is 0 Å². The van der Waals surface area contributed by atoms with Gasteiger partial charge in [0.1, 0.15) is 0 Å². The van der Waals surface area contributed by atoms with Crippen LogP contribution in [0.25, 0.3) is 0 Å². The highest BCUT2D eigenvalue weighted by Crippen LogP contribution is 2.26. The summed E-state index contributed by atoms with van der Waals surface area (Å²) in [5, 5.41) is 4.40. The van der Waals surface area contributed by atoms with Crippen molar-refractivity contribution in [3.63, 3.8) is 0 Å². The van der Waals surface area contributed by atoms with Gasteiger partial charge in [0.25, 0.3) is 10.0 Å². The van der Waals surface area contributed by atoms with Gasteiger partial charge in [0, 0.05) is 19.3 Å². The first kappa shape index (κ1) is 12.4. The Balaban J connectivity index is 1.79. The maximum absolute atomic E-state index is 12.3. The molecule has 3 rings (SSSR count). The number of hydrogen-bond donors (Lipinski definition) is 1. The van der Waals surface area contributed by atoms with Crippen LogP contribution in [0.2, 0.25) is 0 Å². The third-order valence-corrected chi connectivity index (χ3v) is 5.11. The second-order valence-electron chi connectivity index (χ2n) is 4.72. The minimum Gasteiger partial charge on any atom is -0.335 e. The van der Waals surface area contributed by atoms with Gasteiger partial charge in [-0.05, 0) is 18.9 Å². The Hall–Kier alpha value is -1.67. The van der Waals surface area contributed by atoms with E-state index in [0.29, 0.717) is 13.1 Å². The van der Waals surface area contributed by atoms with Gasteiger partial charge in [-0.1, -0.05) is 0 Å². The summed E-state index contributed by atoms with van der Waals surface area (Å²) in [6.07, 6.45) is 7.20. The highest BCUT2D eigenvalue weighted by atomic mass is 32.2. The fourth-order valence-electron chi connectivity index (χ4n) is 2.30. The predicted molar refractivity (Wildman–Crippen MR) is 68.0 cm³/mol. The van der Waals surface area contributed by atoms with E-state index in [1.54, 1.807) is 6.20 Å². The van der Waals surface area contributed by atoms with Crippen LogP contribution in [0.1, 0.15) is 18.0 Å². The molecule has 0 aliphatic carbocycles. The normalized spacial score (nSPS) is 21.0. The molecule has 1 saturated heterocycles. The SMILES string of the molecule is Cc1cnn(C2CCN(S(=O)(=O)c3cnc[nH]3)C2)c1. The Kier molecular flexibility index (Phi) is 2.90. The number of imidazole rings is 1. The van der Waals surface area contributed by atoms with Gasteiger partial charge < -0.3 is 4.98 Å². The molecule has 1 N–H and O–H groups in total. The fraction of sp³-hybridized carbons (Fsp3) is 0.455. The molecule has 0 spiro atoms. The first-order valence-corrected chi connectivity index (χ1v) is 7.50. The van der Waals surface area contributed by atoms with E-state index in [4.69, 9.17) is 0 Å². The molecule has 1 unspecified atom stereocenters. The Morgan fingerprint density at radius 1 is 1.42 bits per heavy atom. The number of rotatable bonds is 3. The van der Waals surface area contributed by atoms with E-state index < -0.39 is 10.0 Å². The van der Waals surface area contributed by atoms with Crippen LogP contribution in [0.4, 0.5) is 0 Å². The van der Waals surface area contributed by atoms with Gasteiger partial charge in [0.15, 0.2) is 5.03 Å². The number of aromatic amines is 1. The van der Waals surface area contributed by atoms with Crippen LogP contribution in [0.15, 0.2) is 29.9 Å². The van der Waals surface area contributed by atoms with E-state index in [0.717, 1.165) is 12.0 Å². The monoisotopic (exact) mass is 281 g/mol. The second-order valence-corrected chi connectivity index (χ2v) is 6.63. The average molecular weight is 281 g/mol. The van der Waals surface area contributed by atoms with Crippen LogP contribution < -0.4 is 0 Å². The van der Waals surface area contributed by atoms with Gasteiger partial charge in [-0.15, -0.1) is 0 Å². The minimum absolute atomic E-state index is 0.103. The van der Waals surface area contributed by atoms with Crippen LogP contribution in [0.3, 0.4) is 0 Å². The van der Waals surface area contributed by atoms with Gasteiger partial charge in [-0.2, -0.15) is 9.40 Å². The number of nitrogens with one attached hydrogen (secondary N) is 1. The highest BCUT2D eigenvalue weighted by molar-refractivity contribution is 7.89. The Labute approximate surface area is 111 Å². The van der Waals surface area contributed by atoms with Crippen LogP contribution in [-0.2, 0) is 10.0 Å². The minimum atomic E-state index is -3.46. The molecule has 102 valence electrons. The molecule has 1 atom stereocenters. The summed E-state index contributed by atoms with van der Waals surface area (Å²) < 4.78 is 27.9. The van der Waals surface area contributed by atoms with Gasteiger partial charge in [-0.25, -0.2) is 13.4 Å². The van der Waals surface area contributed by atoms with Crippen molar-refractivity contribution in [2.24, 2.45) is 0 Å². The van der Waals surface area contributed by atoms with E-state index in [1.165, 1.54) is 16.8 Å². The molecule has 0 radical (unpaired) electrons. The topological polar surface area (TPSA) is 83.9 Å². The molecular weight excluding hydrogens is 266 g/mol. The number of H-pyrrole nitrogens is 1. The number of hydrogen-bond acceptors (Lipinski definition) is 4.